The number of carbonyl (C=O) groups is 1. The first-order chi connectivity index (χ1) is 11.5. The first-order valence-corrected chi connectivity index (χ1v) is 8.43. The summed E-state index contributed by atoms with van der Waals surface area (Å²) in [5, 5.41) is 0. The molecular weight excluding hydrogens is 311 g/mol. The standard InChI is InChI=1S/C18H27FN2O3/c1-13(20)14-5-7-21(8-6-14)18(22)15-3-4-17(19)16(11-15)12-24-10-9-23-2/h3-4,11,13-14H,5-10,12,20H2,1-2H3. The smallest absolute Gasteiger partial charge is 0.253 e. The van der Waals surface area contributed by atoms with Crippen molar-refractivity contribution in [3.8, 4) is 0 Å². The number of carbonyl (C=O) groups excluding carboxylic acids is 1. The number of hydrogen-bond donors (Lipinski definition) is 1. The summed E-state index contributed by atoms with van der Waals surface area (Å²) in [4.78, 5) is 14.4. The number of rotatable bonds is 7. The summed E-state index contributed by atoms with van der Waals surface area (Å²) < 4.78 is 24.1. The Hall–Kier alpha value is -1.50. The lowest BCUT2D eigenvalue weighted by Gasteiger charge is -2.33. The summed E-state index contributed by atoms with van der Waals surface area (Å²) in [5.41, 5.74) is 6.83. The molecule has 5 nitrogen and oxygen atoms in total. The summed E-state index contributed by atoms with van der Waals surface area (Å²) >= 11 is 0. The first kappa shape index (κ1) is 18.8. The molecule has 1 unspecified atom stereocenters. The van der Waals surface area contributed by atoms with Crippen LogP contribution in [-0.4, -0.2) is 50.3 Å². The van der Waals surface area contributed by atoms with Crippen LogP contribution in [0.25, 0.3) is 0 Å². The van der Waals surface area contributed by atoms with E-state index in [1.54, 1.807) is 13.2 Å². The van der Waals surface area contributed by atoms with Crippen molar-refractivity contribution >= 4 is 5.91 Å². The fourth-order valence-electron chi connectivity index (χ4n) is 2.95. The molecule has 0 radical (unpaired) electrons. The van der Waals surface area contributed by atoms with Crippen LogP contribution >= 0.6 is 0 Å². The van der Waals surface area contributed by atoms with Crippen LogP contribution in [0.1, 0.15) is 35.7 Å². The second-order valence-corrected chi connectivity index (χ2v) is 6.34. The predicted molar refractivity (Wildman–Crippen MR) is 90.2 cm³/mol. The molecule has 0 aromatic heterocycles. The van der Waals surface area contributed by atoms with Crippen LogP contribution in [0.4, 0.5) is 4.39 Å². The van der Waals surface area contributed by atoms with Crippen LogP contribution < -0.4 is 5.73 Å². The summed E-state index contributed by atoms with van der Waals surface area (Å²) in [7, 11) is 1.58. The molecule has 1 aromatic rings. The van der Waals surface area contributed by atoms with Gasteiger partial charge in [-0.25, -0.2) is 4.39 Å². The zero-order chi connectivity index (χ0) is 17.5. The third-order valence-electron chi connectivity index (χ3n) is 4.55. The maximum Gasteiger partial charge on any atom is 0.253 e. The summed E-state index contributed by atoms with van der Waals surface area (Å²) in [5.74, 6) is 0.0444. The van der Waals surface area contributed by atoms with Gasteiger partial charge in [-0.05, 0) is 43.9 Å². The summed E-state index contributed by atoms with van der Waals surface area (Å²) in [6.07, 6.45) is 1.83. The Kier molecular flexibility index (Phi) is 7.15. The van der Waals surface area contributed by atoms with Gasteiger partial charge in [0.2, 0.25) is 0 Å². The van der Waals surface area contributed by atoms with Crippen molar-refractivity contribution in [1.82, 2.24) is 4.90 Å². The Morgan fingerprint density at radius 2 is 2.08 bits per heavy atom. The molecule has 1 heterocycles. The SMILES string of the molecule is COCCOCc1cc(C(=O)N2CCC(C(C)N)CC2)ccc1F. The zero-order valence-corrected chi connectivity index (χ0v) is 14.5. The number of amides is 1. The van der Waals surface area contributed by atoms with E-state index in [0.717, 1.165) is 12.8 Å². The topological polar surface area (TPSA) is 64.8 Å². The van der Waals surface area contributed by atoms with Crippen molar-refractivity contribution in [3.63, 3.8) is 0 Å². The molecule has 24 heavy (non-hydrogen) atoms. The van der Waals surface area contributed by atoms with Gasteiger partial charge in [-0.15, -0.1) is 0 Å². The molecule has 0 aliphatic carbocycles. The first-order valence-electron chi connectivity index (χ1n) is 8.43. The molecule has 1 atom stereocenters. The maximum atomic E-state index is 13.9. The monoisotopic (exact) mass is 338 g/mol. The van der Waals surface area contributed by atoms with Gasteiger partial charge in [0.05, 0.1) is 19.8 Å². The van der Waals surface area contributed by atoms with E-state index in [1.165, 1.54) is 12.1 Å². The van der Waals surface area contributed by atoms with Crippen molar-refractivity contribution < 1.29 is 18.7 Å². The van der Waals surface area contributed by atoms with E-state index >= 15 is 0 Å². The van der Waals surface area contributed by atoms with E-state index in [1.807, 2.05) is 11.8 Å². The Morgan fingerprint density at radius 3 is 2.71 bits per heavy atom. The number of ether oxygens (including phenoxy) is 2. The van der Waals surface area contributed by atoms with Gasteiger partial charge in [0.1, 0.15) is 5.82 Å². The minimum absolute atomic E-state index is 0.0590. The molecule has 1 amide bonds. The normalized spacial score (nSPS) is 17.1. The molecule has 1 aliphatic rings. The molecule has 1 saturated heterocycles. The summed E-state index contributed by atoms with van der Waals surface area (Å²) in [6, 6.07) is 4.61. The Morgan fingerprint density at radius 1 is 1.38 bits per heavy atom. The predicted octanol–water partition coefficient (Wildman–Crippen LogP) is 2.19. The number of benzene rings is 1. The van der Waals surface area contributed by atoms with Crippen molar-refractivity contribution in [2.45, 2.75) is 32.4 Å². The minimum atomic E-state index is -0.361. The van der Waals surface area contributed by atoms with Gasteiger partial charge < -0.3 is 20.1 Å². The van der Waals surface area contributed by atoms with Crippen molar-refractivity contribution in [1.29, 1.82) is 0 Å². The third kappa shape index (κ3) is 5.00. The number of hydrogen-bond acceptors (Lipinski definition) is 4. The Labute approximate surface area is 142 Å². The van der Waals surface area contributed by atoms with E-state index in [0.29, 0.717) is 43.3 Å². The van der Waals surface area contributed by atoms with Gasteiger partial charge in [-0.3, -0.25) is 4.79 Å². The highest BCUT2D eigenvalue weighted by atomic mass is 19.1. The number of nitrogens with zero attached hydrogens (tertiary/aromatic N) is 1. The van der Waals surface area contributed by atoms with Crippen LogP contribution in [0.3, 0.4) is 0 Å². The second kappa shape index (κ2) is 9.11. The van der Waals surface area contributed by atoms with Gasteiger partial charge >= 0.3 is 0 Å². The number of nitrogens with two attached hydrogens (primary N) is 1. The average Bonchev–Trinajstić information content (AvgIpc) is 2.59. The average molecular weight is 338 g/mol. The van der Waals surface area contributed by atoms with Gasteiger partial charge in [0.25, 0.3) is 5.91 Å². The zero-order valence-electron chi connectivity index (χ0n) is 14.5. The highest BCUT2D eigenvalue weighted by Gasteiger charge is 2.25. The van der Waals surface area contributed by atoms with Crippen LogP contribution in [0.15, 0.2) is 18.2 Å². The van der Waals surface area contributed by atoms with Crippen molar-refractivity contribution in [3.05, 3.63) is 35.1 Å². The van der Waals surface area contributed by atoms with Crippen LogP contribution in [0, 0.1) is 11.7 Å². The molecule has 134 valence electrons. The molecule has 0 saturated carbocycles. The molecular formula is C18H27FN2O3. The van der Waals surface area contributed by atoms with Crippen molar-refractivity contribution in [2.75, 3.05) is 33.4 Å². The van der Waals surface area contributed by atoms with Crippen LogP contribution in [0.5, 0.6) is 0 Å². The molecule has 2 N–H and O–H groups in total. The lowest BCUT2D eigenvalue weighted by Crippen LogP contribution is -2.42. The molecule has 1 aliphatic heterocycles. The molecule has 1 fully saturated rings. The van der Waals surface area contributed by atoms with E-state index in [4.69, 9.17) is 15.2 Å². The number of likely N-dealkylation sites (tertiary alicyclic amines) is 1. The Bertz CT molecular complexity index is 543. The highest BCUT2D eigenvalue weighted by Crippen LogP contribution is 2.22. The van der Waals surface area contributed by atoms with E-state index in [-0.39, 0.29) is 24.4 Å². The van der Waals surface area contributed by atoms with E-state index in [2.05, 4.69) is 0 Å². The van der Waals surface area contributed by atoms with Crippen LogP contribution in [-0.2, 0) is 16.1 Å². The third-order valence-corrected chi connectivity index (χ3v) is 4.55. The van der Waals surface area contributed by atoms with Gasteiger partial charge in [-0.1, -0.05) is 0 Å². The molecule has 0 bridgehead atoms. The molecule has 2 rings (SSSR count). The number of methoxy groups -OCH3 is 1. The van der Waals surface area contributed by atoms with Crippen LogP contribution in [0.2, 0.25) is 0 Å². The molecule has 6 heteroatoms. The fraction of sp³-hybridized carbons (Fsp3) is 0.611. The van der Waals surface area contributed by atoms with E-state index in [9.17, 15) is 9.18 Å². The lowest BCUT2D eigenvalue weighted by atomic mass is 9.90. The van der Waals surface area contributed by atoms with Gasteiger partial charge in [0, 0.05) is 37.4 Å². The maximum absolute atomic E-state index is 13.9. The van der Waals surface area contributed by atoms with E-state index < -0.39 is 0 Å². The minimum Gasteiger partial charge on any atom is -0.382 e. The quantitative estimate of drug-likeness (QED) is 0.774. The largest absolute Gasteiger partial charge is 0.382 e. The summed E-state index contributed by atoms with van der Waals surface area (Å²) in [6.45, 7) is 4.37. The second-order valence-electron chi connectivity index (χ2n) is 6.34. The van der Waals surface area contributed by atoms with Crippen molar-refractivity contribution in [2.24, 2.45) is 11.7 Å². The fourth-order valence-corrected chi connectivity index (χ4v) is 2.95. The lowest BCUT2D eigenvalue weighted by molar-refractivity contribution is 0.0601. The van der Waals surface area contributed by atoms with Gasteiger partial charge in [-0.2, -0.15) is 0 Å². The molecule has 0 spiro atoms. The Balaban J connectivity index is 1.97. The molecule has 1 aromatic carbocycles. The van der Waals surface area contributed by atoms with Gasteiger partial charge in [0.15, 0.2) is 0 Å². The highest BCUT2D eigenvalue weighted by molar-refractivity contribution is 5.94. The number of halogens is 1. The number of piperidine rings is 1.